The summed E-state index contributed by atoms with van der Waals surface area (Å²) in [5.74, 6) is -1.03. The summed E-state index contributed by atoms with van der Waals surface area (Å²) in [6.45, 7) is 4.06. The van der Waals surface area contributed by atoms with Gasteiger partial charge in [-0.2, -0.15) is 0 Å². The van der Waals surface area contributed by atoms with E-state index in [-0.39, 0.29) is 18.4 Å². The maximum Gasteiger partial charge on any atom is 0.306 e. The van der Waals surface area contributed by atoms with Gasteiger partial charge in [-0.05, 0) is 26.2 Å². The van der Waals surface area contributed by atoms with Crippen LogP contribution in [0, 0.1) is 0 Å². The smallest absolute Gasteiger partial charge is 0.306 e. The summed E-state index contributed by atoms with van der Waals surface area (Å²) in [7, 11) is 0. The third-order valence-electron chi connectivity index (χ3n) is 4.01. The minimum atomic E-state index is -0.918. The maximum atomic E-state index is 12.4. The molecule has 1 amide bonds. The van der Waals surface area contributed by atoms with Gasteiger partial charge in [-0.15, -0.1) is 0 Å². The Balaban J connectivity index is 1.75. The Kier molecular flexibility index (Phi) is 6.60. The number of morpholine rings is 1. The van der Waals surface area contributed by atoms with Crippen LogP contribution >= 0.6 is 0 Å². The van der Waals surface area contributed by atoms with E-state index in [0.29, 0.717) is 26.3 Å². The van der Waals surface area contributed by atoms with Crippen LogP contribution in [-0.4, -0.2) is 73.1 Å². The molecule has 0 saturated carbocycles. The van der Waals surface area contributed by atoms with Crippen LogP contribution in [0.2, 0.25) is 0 Å². The van der Waals surface area contributed by atoms with E-state index in [4.69, 9.17) is 19.3 Å². The van der Waals surface area contributed by atoms with Crippen LogP contribution in [0.4, 0.5) is 0 Å². The number of carboxylic acids is 1. The molecule has 2 aliphatic rings. The van der Waals surface area contributed by atoms with Gasteiger partial charge in [0, 0.05) is 19.7 Å². The molecule has 126 valence electrons. The Morgan fingerprint density at radius 3 is 2.73 bits per heavy atom. The molecule has 2 heterocycles. The molecule has 0 radical (unpaired) electrons. The molecule has 0 aromatic heterocycles. The van der Waals surface area contributed by atoms with E-state index in [1.807, 2.05) is 0 Å². The lowest BCUT2D eigenvalue weighted by molar-refractivity contribution is -0.156. The lowest BCUT2D eigenvalue weighted by Crippen LogP contribution is -2.50. The lowest BCUT2D eigenvalue weighted by Gasteiger charge is -2.34. The summed E-state index contributed by atoms with van der Waals surface area (Å²) in [5.41, 5.74) is 0. The minimum absolute atomic E-state index is 0.0773. The highest BCUT2D eigenvalue weighted by Gasteiger charge is 2.29. The number of aliphatic carboxylic acids is 1. The second-order valence-corrected chi connectivity index (χ2v) is 5.84. The number of rotatable bonds is 6. The molecule has 0 bridgehead atoms. The summed E-state index contributed by atoms with van der Waals surface area (Å²) in [6.07, 6.45) is 2.20. The Morgan fingerprint density at radius 2 is 2.05 bits per heavy atom. The van der Waals surface area contributed by atoms with Crippen molar-refractivity contribution >= 4 is 11.9 Å². The Bertz CT molecular complexity index is 382. The van der Waals surface area contributed by atoms with Gasteiger partial charge in [0.25, 0.3) is 5.91 Å². The van der Waals surface area contributed by atoms with E-state index in [1.54, 1.807) is 11.8 Å². The minimum Gasteiger partial charge on any atom is -0.481 e. The number of carbonyl (C=O) groups excluding carboxylic acids is 1. The highest BCUT2D eigenvalue weighted by atomic mass is 16.5. The molecular weight excluding hydrogens is 290 g/mol. The number of carboxylic acid groups (broad SMARTS) is 1. The summed E-state index contributed by atoms with van der Waals surface area (Å²) in [6, 6.07) is 0. The zero-order valence-electron chi connectivity index (χ0n) is 13.0. The van der Waals surface area contributed by atoms with Gasteiger partial charge in [0.05, 0.1) is 31.8 Å². The van der Waals surface area contributed by atoms with E-state index >= 15 is 0 Å². The highest BCUT2D eigenvalue weighted by Crippen LogP contribution is 2.15. The molecule has 0 aliphatic carbocycles. The average molecular weight is 315 g/mol. The summed E-state index contributed by atoms with van der Waals surface area (Å²) < 4.78 is 16.6. The standard InChI is InChI=1S/C15H25NO6/c1-11(22-10-12-4-2-3-6-20-12)15(19)16-5-7-21-13(9-16)8-14(17)18/h11-13H,2-10H2,1H3,(H,17,18). The van der Waals surface area contributed by atoms with Crippen LogP contribution in [0.15, 0.2) is 0 Å². The fraction of sp³-hybridized carbons (Fsp3) is 0.867. The van der Waals surface area contributed by atoms with Crippen LogP contribution in [0.25, 0.3) is 0 Å². The number of hydrogen-bond acceptors (Lipinski definition) is 5. The van der Waals surface area contributed by atoms with E-state index in [2.05, 4.69) is 0 Å². The van der Waals surface area contributed by atoms with Gasteiger partial charge in [-0.1, -0.05) is 0 Å². The third kappa shape index (κ3) is 5.23. The van der Waals surface area contributed by atoms with Crippen LogP contribution < -0.4 is 0 Å². The van der Waals surface area contributed by atoms with Crippen molar-refractivity contribution in [2.45, 2.75) is 50.9 Å². The normalized spacial score (nSPS) is 27.4. The number of carbonyl (C=O) groups is 2. The van der Waals surface area contributed by atoms with Crippen LogP contribution in [0.1, 0.15) is 32.6 Å². The Labute approximate surface area is 130 Å². The molecule has 3 atom stereocenters. The Morgan fingerprint density at radius 1 is 1.27 bits per heavy atom. The zero-order chi connectivity index (χ0) is 15.9. The topological polar surface area (TPSA) is 85.3 Å². The van der Waals surface area contributed by atoms with Gasteiger partial charge in [-0.25, -0.2) is 0 Å². The first-order valence-corrected chi connectivity index (χ1v) is 7.91. The van der Waals surface area contributed by atoms with E-state index in [9.17, 15) is 9.59 Å². The largest absolute Gasteiger partial charge is 0.481 e. The SMILES string of the molecule is CC(OCC1CCCCO1)C(=O)N1CCOC(CC(=O)O)C1. The van der Waals surface area contributed by atoms with Gasteiger partial charge >= 0.3 is 5.97 Å². The van der Waals surface area contributed by atoms with E-state index in [0.717, 1.165) is 25.9 Å². The molecule has 2 saturated heterocycles. The molecule has 2 aliphatic heterocycles. The number of ether oxygens (including phenoxy) is 3. The van der Waals surface area contributed by atoms with Gasteiger partial charge in [0.1, 0.15) is 6.10 Å². The predicted molar refractivity (Wildman–Crippen MR) is 77.6 cm³/mol. The van der Waals surface area contributed by atoms with E-state index < -0.39 is 18.2 Å². The average Bonchev–Trinajstić information content (AvgIpc) is 2.52. The zero-order valence-corrected chi connectivity index (χ0v) is 13.0. The molecule has 2 rings (SSSR count). The molecule has 1 N–H and O–H groups in total. The lowest BCUT2D eigenvalue weighted by atomic mass is 10.1. The van der Waals surface area contributed by atoms with Crippen molar-refractivity contribution in [2.24, 2.45) is 0 Å². The van der Waals surface area contributed by atoms with Crippen LogP contribution in [0.3, 0.4) is 0 Å². The first kappa shape index (κ1) is 17.2. The molecule has 2 fully saturated rings. The molecule has 22 heavy (non-hydrogen) atoms. The number of hydrogen-bond donors (Lipinski definition) is 1. The van der Waals surface area contributed by atoms with E-state index in [1.165, 1.54) is 0 Å². The van der Waals surface area contributed by atoms with Crippen molar-refractivity contribution in [3.8, 4) is 0 Å². The second-order valence-electron chi connectivity index (χ2n) is 5.84. The fourth-order valence-corrected chi connectivity index (χ4v) is 2.76. The molecule has 7 nitrogen and oxygen atoms in total. The molecule has 0 aromatic carbocycles. The second kappa shape index (κ2) is 8.45. The van der Waals surface area contributed by atoms with Crippen LogP contribution in [0.5, 0.6) is 0 Å². The summed E-state index contributed by atoms with van der Waals surface area (Å²) in [5, 5.41) is 8.81. The van der Waals surface area contributed by atoms with Gasteiger partial charge in [0.15, 0.2) is 0 Å². The van der Waals surface area contributed by atoms with Gasteiger partial charge in [-0.3, -0.25) is 9.59 Å². The maximum absolute atomic E-state index is 12.4. The monoisotopic (exact) mass is 315 g/mol. The van der Waals surface area contributed by atoms with Gasteiger partial charge < -0.3 is 24.2 Å². The number of nitrogens with zero attached hydrogens (tertiary/aromatic N) is 1. The molecule has 3 unspecified atom stereocenters. The van der Waals surface area contributed by atoms with Crippen molar-refractivity contribution in [1.29, 1.82) is 0 Å². The third-order valence-corrected chi connectivity index (χ3v) is 4.01. The summed E-state index contributed by atoms with van der Waals surface area (Å²) in [4.78, 5) is 24.7. The van der Waals surface area contributed by atoms with Crippen molar-refractivity contribution in [1.82, 2.24) is 4.90 Å². The van der Waals surface area contributed by atoms with Gasteiger partial charge in [0.2, 0.25) is 0 Å². The van der Waals surface area contributed by atoms with Crippen molar-refractivity contribution in [2.75, 3.05) is 32.9 Å². The van der Waals surface area contributed by atoms with Crippen molar-refractivity contribution in [3.63, 3.8) is 0 Å². The molecule has 0 spiro atoms. The van der Waals surface area contributed by atoms with Crippen molar-refractivity contribution in [3.05, 3.63) is 0 Å². The first-order valence-electron chi connectivity index (χ1n) is 7.91. The first-order chi connectivity index (χ1) is 10.6. The quantitative estimate of drug-likeness (QED) is 0.775. The Hall–Kier alpha value is -1.18. The predicted octanol–water partition coefficient (Wildman–Crippen LogP) is 0.663. The summed E-state index contributed by atoms with van der Waals surface area (Å²) >= 11 is 0. The fourth-order valence-electron chi connectivity index (χ4n) is 2.76. The molecule has 0 aromatic rings. The van der Waals surface area contributed by atoms with Crippen molar-refractivity contribution < 1.29 is 28.9 Å². The molecule has 7 heteroatoms. The van der Waals surface area contributed by atoms with Crippen LogP contribution in [-0.2, 0) is 23.8 Å². The highest BCUT2D eigenvalue weighted by molar-refractivity contribution is 5.80. The number of amides is 1. The molecular formula is C15H25NO6.